The molecule has 1 aromatic heterocycles. The maximum Gasteiger partial charge on any atom is 0.313 e. The molecule has 206 valence electrons. The third-order valence-corrected chi connectivity index (χ3v) is 13.1. The molecule has 0 radical (unpaired) electrons. The Balaban J connectivity index is 1.43. The molecule has 1 aliphatic heterocycles. The summed E-state index contributed by atoms with van der Waals surface area (Å²) in [7, 11) is 1.53. The molecule has 4 fully saturated rings. The van der Waals surface area contributed by atoms with Gasteiger partial charge in [0.2, 0.25) is 0 Å². The summed E-state index contributed by atoms with van der Waals surface area (Å²) < 4.78 is 12.3. The van der Waals surface area contributed by atoms with Crippen molar-refractivity contribution in [1.29, 1.82) is 0 Å². The summed E-state index contributed by atoms with van der Waals surface area (Å²) >= 11 is 0. The van der Waals surface area contributed by atoms with Gasteiger partial charge < -0.3 is 9.26 Å². The van der Waals surface area contributed by atoms with E-state index in [2.05, 4.69) is 39.8 Å². The number of aromatic nitrogens is 1. The molecule has 0 aromatic carbocycles. The summed E-state index contributed by atoms with van der Waals surface area (Å²) in [5, 5.41) is 4.13. The highest BCUT2D eigenvalue weighted by Gasteiger charge is 2.82. The zero-order valence-electron chi connectivity index (χ0n) is 23.9. The molecule has 1 spiro atoms. The monoisotopic (exact) mass is 523 g/mol. The molecule has 2 heterocycles. The fourth-order valence-corrected chi connectivity index (χ4v) is 11.0. The van der Waals surface area contributed by atoms with Crippen molar-refractivity contribution in [3.05, 3.63) is 29.2 Å². The number of esters is 1. The highest BCUT2D eigenvalue weighted by Crippen LogP contribution is 2.78. The lowest BCUT2D eigenvalue weighted by molar-refractivity contribution is -0.376. The van der Waals surface area contributed by atoms with Gasteiger partial charge in [-0.15, -0.1) is 0 Å². The minimum Gasteiger partial charge on any atom is -0.449 e. The van der Waals surface area contributed by atoms with E-state index in [1.165, 1.54) is 12.7 Å². The highest BCUT2D eigenvalue weighted by atomic mass is 17.2. The van der Waals surface area contributed by atoms with Crippen molar-refractivity contribution in [3.63, 3.8) is 0 Å². The molecule has 1 aromatic rings. The van der Waals surface area contributed by atoms with Gasteiger partial charge in [-0.05, 0) is 80.6 Å². The number of ether oxygens (including phenoxy) is 1. The van der Waals surface area contributed by atoms with Crippen LogP contribution in [0.25, 0.3) is 0 Å². The van der Waals surface area contributed by atoms with Crippen LogP contribution in [0.2, 0.25) is 0 Å². The first-order valence-electron chi connectivity index (χ1n) is 14.4. The topological polar surface area (TPSA) is 87.9 Å². The molecule has 0 N–H and O–H groups in total. The Morgan fingerprint density at radius 2 is 1.71 bits per heavy atom. The van der Waals surface area contributed by atoms with Gasteiger partial charge in [0.25, 0.3) is 0 Å². The Morgan fingerprint density at radius 3 is 2.45 bits per heavy atom. The summed E-state index contributed by atoms with van der Waals surface area (Å²) in [4.78, 5) is 39.7. The number of carbonyl (C=O) groups excluding carboxylic acids is 2. The summed E-state index contributed by atoms with van der Waals surface area (Å²) in [5.41, 5.74) is -1.37. The predicted molar refractivity (Wildman–Crippen MR) is 137 cm³/mol. The molecular formula is C31H41NO6. The number of fused-ring (bicyclic) bond motifs is 5. The van der Waals surface area contributed by atoms with E-state index in [1.54, 1.807) is 6.20 Å². The van der Waals surface area contributed by atoms with Crippen molar-refractivity contribution < 1.29 is 28.6 Å². The van der Waals surface area contributed by atoms with E-state index in [0.29, 0.717) is 5.76 Å². The third-order valence-electron chi connectivity index (χ3n) is 13.1. The smallest absolute Gasteiger partial charge is 0.313 e. The van der Waals surface area contributed by atoms with Gasteiger partial charge in [-0.1, -0.05) is 45.3 Å². The van der Waals surface area contributed by atoms with Crippen LogP contribution in [-0.2, 0) is 36.1 Å². The average molecular weight is 524 g/mol. The van der Waals surface area contributed by atoms with Gasteiger partial charge in [0.15, 0.2) is 22.7 Å². The van der Waals surface area contributed by atoms with Crippen molar-refractivity contribution in [2.45, 2.75) is 104 Å². The highest BCUT2D eigenvalue weighted by molar-refractivity contribution is 6.05. The van der Waals surface area contributed by atoms with Gasteiger partial charge >= 0.3 is 5.97 Å². The van der Waals surface area contributed by atoms with Gasteiger partial charge in [0.05, 0.1) is 18.7 Å². The molecular weight excluding hydrogens is 482 g/mol. The van der Waals surface area contributed by atoms with Crippen LogP contribution < -0.4 is 0 Å². The molecule has 1 saturated heterocycles. The Bertz CT molecular complexity index is 1300. The number of ketones is 1. The second-order valence-electron chi connectivity index (χ2n) is 15.0. The molecule has 7 heteroatoms. The minimum atomic E-state index is -1.09. The summed E-state index contributed by atoms with van der Waals surface area (Å²) in [6, 6.07) is 0. The fraction of sp³-hybridized carbons (Fsp3) is 0.774. The summed E-state index contributed by atoms with van der Waals surface area (Å²) in [6.07, 6.45) is 10.5. The quantitative estimate of drug-likeness (QED) is 0.272. The van der Waals surface area contributed by atoms with Crippen LogP contribution in [0.5, 0.6) is 0 Å². The van der Waals surface area contributed by atoms with E-state index in [0.717, 1.165) is 56.9 Å². The Labute approximate surface area is 224 Å². The van der Waals surface area contributed by atoms with E-state index in [-0.39, 0.29) is 39.8 Å². The molecule has 8 atom stereocenters. The Morgan fingerprint density at radius 1 is 0.974 bits per heavy atom. The number of hydrogen-bond donors (Lipinski definition) is 0. The second-order valence-corrected chi connectivity index (χ2v) is 15.0. The van der Waals surface area contributed by atoms with Gasteiger partial charge in [-0.25, -0.2) is 9.78 Å². The molecule has 0 unspecified atom stereocenters. The summed E-state index contributed by atoms with van der Waals surface area (Å²) in [6.45, 7) is 13.5. The molecule has 0 amide bonds. The van der Waals surface area contributed by atoms with Crippen LogP contribution in [0.15, 0.2) is 22.4 Å². The second kappa shape index (κ2) is 7.01. The van der Waals surface area contributed by atoms with Gasteiger partial charge in [-0.2, -0.15) is 0 Å². The normalized spacial score (nSPS) is 50.1. The van der Waals surface area contributed by atoms with Crippen LogP contribution >= 0.6 is 0 Å². The number of carbonyl (C=O) groups is 2. The van der Waals surface area contributed by atoms with Crippen molar-refractivity contribution in [2.24, 2.45) is 38.9 Å². The standard InChI is InChI=1S/C31H41NO6/c1-25(2)10-12-30-13-11-28(5)27(4)9-8-19-26(3,15-18-17-32-37-23(18)29(19,6)38-35-7)20(27)14-22(33)31(28,21(30)16-25)36-24(30)34/h14,17,19,21H,8-13,15-16H2,1-7H3/t19-,21-,26+,27-,28+,29+,30+,31-/m1/s1. The fourth-order valence-electron chi connectivity index (χ4n) is 11.0. The molecule has 6 aliphatic rings. The predicted octanol–water partition coefficient (Wildman–Crippen LogP) is 5.86. The lowest BCUT2D eigenvalue weighted by Gasteiger charge is -2.69. The zero-order valence-corrected chi connectivity index (χ0v) is 23.9. The van der Waals surface area contributed by atoms with Crippen LogP contribution in [0.3, 0.4) is 0 Å². The first-order chi connectivity index (χ1) is 17.7. The molecule has 3 saturated carbocycles. The first kappa shape index (κ1) is 25.0. The van der Waals surface area contributed by atoms with Crippen molar-refractivity contribution in [2.75, 3.05) is 7.11 Å². The van der Waals surface area contributed by atoms with E-state index in [9.17, 15) is 9.59 Å². The average Bonchev–Trinajstić information content (AvgIpc) is 3.37. The van der Waals surface area contributed by atoms with Gasteiger partial charge in [-0.3, -0.25) is 9.59 Å². The largest absolute Gasteiger partial charge is 0.449 e. The van der Waals surface area contributed by atoms with Gasteiger partial charge in [0.1, 0.15) is 0 Å². The maximum atomic E-state index is 14.7. The number of rotatable bonds is 2. The van der Waals surface area contributed by atoms with Crippen LogP contribution in [0.1, 0.15) is 97.8 Å². The Hall–Kier alpha value is -1.99. The zero-order chi connectivity index (χ0) is 27.1. The first-order valence-corrected chi connectivity index (χ1v) is 14.4. The number of allylic oxidation sites excluding steroid dienone is 1. The molecule has 5 aliphatic carbocycles. The summed E-state index contributed by atoms with van der Waals surface area (Å²) in [5.74, 6) is 0.548. The van der Waals surface area contributed by atoms with E-state index < -0.39 is 22.0 Å². The Kier molecular flexibility index (Phi) is 4.61. The van der Waals surface area contributed by atoms with Crippen LogP contribution in [-0.4, -0.2) is 29.6 Å². The molecule has 38 heavy (non-hydrogen) atoms. The SMILES string of the molecule is COO[C@]1(C)c2oncc2C[C@]2(C)C3=CC(=O)[C@]45OC(=O)[C@@]6(CCC(C)(C)C[C@H]64)CC[C@@]5(C)[C@]3(C)CC[C@H]21. The lowest BCUT2D eigenvalue weighted by atomic mass is 9.34. The molecule has 7 nitrogen and oxygen atoms in total. The van der Waals surface area contributed by atoms with Crippen LogP contribution in [0, 0.1) is 38.9 Å². The van der Waals surface area contributed by atoms with E-state index in [1.807, 2.05) is 13.0 Å². The van der Waals surface area contributed by atoms with E-state index in [4.69, 9.17) is 19.0 Å². The van der Waals surface area contributed by atoms with Crippen molar-refractivity contribution in [1.82, 2.24) is 5.16 Å². The lowest BCUT2D eigenvalue weighted by Crippen LogP contribution is -2.72. The van der Waals surface area contributed by atoms with Gasteiger partial charge in [0, 0.05) is 22.8 Å². The number of hydrogen-bond acceptors (Lipinski definition) is 7. The maximum absolute atomic E-state index is 14.7. The molecule has 7 rings (SSSR count). The van der Waals surface area contributed by atoms with Crippen molar-refractivity contribution >= 4 is 11.8 Å². The van der Waals surface area contributed by atoms with E-state index >= 15 is 0 Å². The minimum absolute atomic E-state index is 0.00236. The molecule has 2 bridgehead atoms. The number of nitrogens with zero attached hydrogens (tertiary/aromatic N) is 1. The third kappa shape index (κ3) is 2.45. The van der Waals surface area contributed by atoms with Crippen molar-refractivity contribution in [3.8, 4) is 0 Å². The van der Waals surface area contributed by atoms with Crippen LogP contribution in [0.4, 0.5) is 0 Å².